The number of carboxylic acid groups (broad SMARTS) is 1. The van der Waals surface area contributed by atoms with Gasteiger partial charge in [0.25, 0.3) is 0 Å². The zero-order chi connectivity index (χ0) is 20.7. The first kappa shape index (κ1) is 22.0. The number of carbonyl (C=O) groups excluding carboxylic acids is 1. The highest BCUT2D eigenvalue weighted by molar-refractivity contribution is 6.42. The van der Waals surface area contributed by atoms with E-state index in [0.717, 1.165) is 5.56 Å². The highest BCUT2D eigenvalue weighted by Crippen LogP contribution is 2.23. The highest BCUT2D eigenvalue weighted by Gasteiger charge is 2.20. The number of ether oxygens (including phenoxy) is 2. The van der Waals surface area contributed by atoms with Crippen LogP contribution >= 0.6 is 23.2 Å². The minimum atomic E-state index is -1.03. The predicted octanol–water partition coefficient (Wildman–Crippen LogP) is 5.16. The number of nitrogens with one attached hydrogen (secondary N) is 1. The van der Waals surface area contributed by atoms with Gasteiger partial charge in [0.2, 0.25) is 0 Å². The number of hydrogen-bond acceptors (Lipinski definition) is 4. The van der Waals surface area contributed by atoms with Crippen LogP contribution in [0.25, 0.3) is 0 Å². The molecule has 0 aliphatic rings. The molecule has 6 nitrogen and oxygen atoms in total. The Kier molecular flexibility index (Phi) is 8.11. The van der Waals surface area contributed by atoms with Crippen LogP contribution in [0, 0.1) is 0 Å². The van der Waals surface area contributed by atoms with Crippen molar-refractivity contribution < 1.29 is 24.2 Å². The molecule has 0 bridgehead atoms. The minimum Gasteiger partial charge on any atom is -0.479 e. The predicted molar refractivity (Wildman–Crippen MR) is 108 cm³/mol. The van der Waals surface area contributed by atoms with E-state index in [2.05, 4.69) is 5.32 Å². The van der Waals surface area contributed by atoms with Gasteiger partial charge in [-0.1, -0.05) is 41.4 Å². The number of rotatable bonds is 8. The molecule has 0 heterocycles. The second kappa shape index (κ2) is 10.3. The largest absolute Gasteiger partial charge is 0.479 e. The van der Waals surface area contributed by atoms with Gasteiger partial charge >= 0.3 is 12.1 Å². The molecule has 0 aromatic heterocycles. The van der Waals surface area contributed by atoms with Gasteiger partial charge in [0.15, 0.2) is 6.10 Å². The van der Waals surface area contributed by atoms with E-state index < -0.39 is 18.2 Å². The zero-order valence-electron chi connectivity index (χ0n) is 15.4. The van der Waals surface area contributed by atoms with Crippen LogP contribution < -0.4 is 5.32 Å². The third-order valence-corrected chi connectivity index (χ3v) is 4.40. The van der Waals surface area contributed by atoms with E-state index in [9.17, 15) is 14.7 Å². The smallest absolute Gasteiger partial charge is 0.411 e. The third-order valence-electron chi connectivity index (χ3n) is 3.66. The van der Waals surface area contributed by atoms with Crippen molar-refractivity contribution in [2.75, 3.05) is 5.32 Å². The summed E-state index contributed by atoms with van der Waals surface area (Å²) in [6, 6.07) is 11.8. The molecule has 2 aromatic rings. The summed E-state index contributed by atoms with van der Waals surface area (Å²) in [5.41, 5.74) is 1.91. The molecule has 2 rings (SSSR count). The molecule has 28 heavy (non-hydrogen) atoms. The van der Waals surface area contributed by atoms with Crippen LogP contribution in [0.1, 0.15) is 25.0 Å². The fraction of sp³-hybridized carbons (Fsp3) is 0.300. The van der Waals surface area contributed by atoms with E-state index in [1.807, 2.05) is 0 Å². The van der Waals surface area contributed by atoms with Crippen LogP contribution in [0.4, 0.5) is 10.5 Å². The summed E-state index contributed by atoms with van der Waals surface area (Å²) >= 11 is 11.8. The number of amides is 1. The number of halogens is 2. The monoisotopic (exact) mass is 425 g/mol. The van der Waals surface area contributed by atoms with Gasteiger partial charge in [-0.2, -0.15) is 0 Å². The number of aliphatic carboxylic acids is 1. The SMILES string of the molecule is CC(C)OC(Cc1cccc(NC(=O)OCc2ccc(Cl)c(Cl)c2)c1)C(=O)O. The zero-order valence-corrected chi connectivity index (χ0v) is 17.0. The summed E-state index contributed by atoms with van der Waals surface area (Å²) in [6.07, 6.45) is -1.63. The van der Waals surface area contributed by atoms with Crippen LogP contribution in [-0.4, -0.2) is 29.4 Å². The Labute approximate surface area is 173 Å². The Morgan fingerprint density at radius 3 is 2.46 bits per heavy atom. The standard InChI is InChI=1S/C20H21Cl2NO5/c1-12(2)28-18(19(24)25)10-13-4-3-5-15(8-13)23-20(26)27-11-14-6-7-16(21)17(22)9-14/h3-9,12,18H,10-11H2,1-2H3,(H,23,26)(H,24,25). The van der Waals surface area contributed by atoms with Crippen LogP contribution in [0.5, 0.6) is 0 Å². The maximum atomic E-state index is 12.0. The van der Waals surface area contributed by atoms with Crippen LogP contribution in [0.15, 0.2) is 42.5 Å². The summed E-state index contributed by atoms with van der Waals surface area (Å²) in [6.45, 7) is 3.58. The molecular formula is C20H21Cl2NO5. The van der Waals surface area contributed by atoms with E-state index >= 15 is 0 Å². The maximum Gasteiger partial charge on any atom is 0.411 e. The Bertz CT molecular complexity index is 841. The van der Waals surface area contributed by atoms with Crippen LogP contribution in [0.3, 0.4) is 0 Å². The molecule has 1 atom stereocenters. The molecule has 2 N–H and O–H groups in total. The maximum absolute atomic E-state index is 12.0. The molecule has 0 radical (unpaired) electrons. The second-order valence-corrected chi connectivity index (χ2v) is 7.18. The fourth-order valence-corrected chi connectivity index (χ4v) is 2.77. The Hall–Kier alpha value is -2.28. The summed E-state index contributed by atoms with van der Waals surface area (Å²) in [5.74, 6) is -1.03. The average Bonchev–Trinajstić information content (AvgIpc) is 2.62. The average molecular weight is 426 g/mol. The lowest BCUT2D eigenvalue weighted by Gasteiger charge is -2.17. The van der Waals surface area contributed by atoms with E-state index in [-0.39, 0.29) is 19.1 Å². The van der Waals surface area contributed by atoms with Gasteiger partial charge < -0.3 is 14.6 Å². The van der Waals surface area contributed by atoms with Crippen LogP contribution in [0.2, 0.25) is 10.0 Å². The van der Waals surface area contributed by atoms with Crippen molar-refractivity contribution in [3.05, 3.63) is 63.6 Å². The topological polar surface area (TPSA) is 84.9 Å². The van der Waals surface area contributed by atoms with Gasteiger partial charge in [-0.3, -0.25) is 5.32 Å². The van der Waals surface area contributed by atoms with Gasteiger partial charge in [0.1, 0.15) is 6.61 Å². The summed E-state index contributed by atoms with van der Waals surface area (Å²) in [7, 11) is 0. The van der Waals surface area contributed by atoms with Gasteiger partial charge in [0, 0.05) is 12.1 Å². The number of carboxylic acids is 1. The van der Waals surface area contributed by atoms with Gasteiger partial charge in [0.05, 0.1) is 16.1 Å². The van der Waals surface area contributed by atoms with Gasteiger partial charge in [-0.15, -0.1) is 0 Å². The lowest BCUT2D eigenvalue weighted by Crippen LogP contribution is -2.29. The molecule has 1 unspecified atom stereocenters. The van der Waals surface area contributed by atoms with Crippen molar-refractivity contribution in [2.45, 2.75) is 39.1 Å². The number of benzene rings is 2. The summed E-state index contributed by atoms with van der Waals surface area (Å²) in [4.78, 5) is 23.3. The second-order valence-electron chi connectivity index (χ2n) is 6.37. The molecule has 0 fully saturated rings. The normalized spacial score (nSPS) is 11.9. The summed E-state index contributed by atoms with van der Waals surface area (Å²) < 4.78 is 10.6. The Balaban J connectivity index is 1.94. The van der Waals surface area contributed by atoms with Crippen LogP contribution in [-0.2, 0) is 27.3 Å². The number of anilines is 1. The quantitative estimate of drug-likeness (QED) is 0.609. The van der Waals surface area contributed by atoms with Crippen molar-refractivity contribution >= 4 is 41.0 Å². The van der Waals surface area contributed by atoms with Crippen molar-refractivity contribution in [1.29, 1.82) is 0 Å². The van der Waals surface area contributed by atoms with Gasteiger partial charge in [-0.05, 0) is 49.2 Å². The molecule has 150 valence electrons. The molecule has 8 heteroatoms. The third kappa shape index (κ3) is 7.03. The molecular weight excluding hydrogens is 405 g/mol. The molecule has 0 aliphatic carbocycles. The van der Waals surface area contributed by atoms with E-state index in [1.54, 1.807) is 56.3 Å². The molecule has 2 aromatic carbocycles. The first-order valence-electron chi connectivity index (χ1n) is 8.59. The van der Waals surface area contributed by atoms with Crippen molar-refractivity contribution in [1.82, 2.24) is 0 Å². The molecule has 1 amide bonds. The highest BCUT2D eigenvalue weighted by atomic mass is 35.5. The minimum absolute atomic E-state index is 0.0335. The van der Waals surface area contributed by atoms with Crippen molar-refractivity contribution in [3.63, 3.8) is 0 Å². The molecule has 0 saturated heterocycles. The summed E-state index contributed by atoms with van der Waals surface area (Å²) in [5, 5.41) is 12.7. The first-order valence-corrected chi connectivity index (χ1v) is 9.35. The number of hydrogen-bond donors (Lipinski definition) is 2. The van der Waals surface area contributed by atoms with E-state index in [0.29, 0.717) is 21.3 Å². The van der Waals surface area contributed by atoms with Crippen molar-refractivity contribution in [2.24, 2.45) is 0 Å². The molecule has 0 spiro atoms. The number of carbonyl (C=O) groups is 2. The van der Waals surface area contributed by atoms with Gasteiger partial charge in [-0.25, -0.2) is 9.59 Å². The van der Waals surface area contributed by atoms with E-state index in [4.69, 9.17) is 32.7 Å². The fourth-order valence-electron chi connectivity index (χ4n) is 2.44. The first-order chi connectivity index (χ1) is 13.2. The van der Waals surface area contributed by atoms with Crippen molar-refractivity contribution in [3.8, 4) is 0 Å². The Morgan fingerprint density at radius 2 is 1.82 bits per heavy atom. The molecule has 0 aliphatic heterocycles. The lowest BCUT2D eigenvalue weighted by molar-refractivity contribution is -0.153. The lowest BCUT2D eigenvalue weighted by atomic mass is 10.1. The Morgan fingerprint density at radius 1 is 1.07 bits per heavy atom. The molecule has 0 saturated carbocycles. The van der Waals surface area contributed by atoms with E-state index in [1.165, 1.54) is 0 Å².